The van der Waals surface area contributed by atoms with Gasteiger partial charge in [-0.3, -0.25) is 9.59 Å². The van der Waals surface area contributed by atoms with Gasteiger partial charge in [0, 0.05) is 11.3 Å². The number of carboxylic acids is 1. The molecule has 138 valence electrons. The number of aliphatic carboxylic acids is 1. The lowest BCUT2D eigenvalue weighted by Crippen LogP contribution is -2.29. The summed E-state index contributed by atoms with van der Waals surface area (Å²) >= 11 is 0. The Morgan fingerprint density at radius 3 is 2.15 bits per heavy atom. The second kappa shape index (κ2) is 8.59. The Labute approximate surface area is 152 Å². The number of sulfonamides is 1. The van der Waals surface area contributed by atoms with Crippen molar-refractivity contribution in [1.29, 1.82) is 0 Å². The van der Waals surface area contributed by atoms with Crippen molar-refractivity contribution in [2.75, 3.05) is 11.9 Å². The van der Waals surface area contributed by atoms with Gasteiger partial charge in [-0.05, 0) is 48.4 Å². The normalized spacial score (nSPS) is 11.1. The fourth-order valence-electron chi connectivity index (χ4n) is 2.27. The van der Waals surface area contributed by atoms with Crippen molar-refractivity contribution in [3.63, 3.8) is 0 Å². The Morgan fingerprint density at radius 1 is 1.00 bits per heavy atom. The second-order valence-corrected chi connectivity index (χ2v) is 7.41. The third-order valence-electron chi connectivity index (χ3n) is 3.59. The molecule has 0 heterocycles. The molecular formula is C18H20N2O5S. The first-order chi connectivity index (χ1) is 12.3. The van der Waals surface area contributed by atoms with Crippen LogP contribution >= 0.6 is 0 Å². The number of carboxylic acid groups (broad SMARTS) is 1. The molecule has 2 aromatic rings. The van der Waals surface area contributed by atoms with Gasteiger partial charge in [0.25, 0.3) is 5.91 Å². The maximum atomic E-state index is 12.2. The number of anilines is 1. The molecule has 2 aromatic carbocycles. The van der Waals surface area contributed by atoms with E-state index in [1.54, 1.807) is 12.1 Å². The van der Waals surface area contributed by atoms with Gasteiger partial charge in [-0.25, -0.2) is 8.42 Å². The maximum absolute atomic E-state index is 12.2. The lowest BCUT2D eigenvalue weighted by atomic mass is 10.1. The smallest absolute Gasteiger partial charge is 0.318 e. The SMILES string of the molecule is CCCc1ccc(C(=O)Nc2ccc(S(=O)(=O)NCC(=O)O)cc2)cc1. The fourth-order valence-corrected chi connectivity index (χ4v) is 3.25. The number of carbonyl (C=O) groups excluding carboxylic acids is 1. The van der Waals surface area contributed by atoms with Crippen molar-refractivity contribution in [3.8, 4) is 0 Å². The minimum atomic E-state index is -3.91. The number of benzene rings is 2. The van der Waals surface area contributed by atoms with Crippen LogP contribution in [-0.2, 0) is 21.2 Å². The van der Waals surface area contributed by atoms with Crippen LogP contribution < -0.4 is 10.0 Å². The number of amides is 1. The van der Waals surface area contributed by atoms with Crippen LogP contribution in [0.2, 0.25) is 0 Å². The second-order valence-electron chi connectivity index (χ2n) is 5.64. The molecule has 0 fully saturated rings. The zero-order valence-electron chi connectivity index (χ0n) is 14.2. The Hall–Kier alpha value is -2.71. The molecule has 7 nitrogen and oxygen atoms in total. The van der Waals surface area contributed by atoms with E-state index in [0.29, 0.717) is 11.3 Å². The van der Waals surface area contributed by atoms with E-state index in [2.05, 4.69) is 12.2 Å². The molecule has 0 aliphatic carbocycles. The Morgan fingerprint density at radius 2 is 1.62 bits per heavy atom. The average molecular weight is 376 g/mol. The topological polar surface area (TPSA) is 113 Å². The van der Waals surface area contributed by atoms with Gasteiger partial charge in [-0.2, -0.15) is 4.72 Å². The molecule has 1 amide bonds. The molecule has 0 saturated carbocycles. The largest absolute Gasteiger partial charge is 0.480 e. The molecule has 0 aromatic heterocycles. The van der Waals surface area contributed by atoms with Crippen LogP contribution in [0.15, 0.2) is 53.4 Å². The number of aryl methyl sites for hydroxylation is 1. The number of hydrogen-bond acceptors (Lipinski definition) is 4. The van der Waals surface area contributed by atoms with Crippen LogP contribution in [0.1, 0.15) is 29.3 Å². The summed E-state index contributed by atoms with van der Waals surface area (Å²) in [7, 11) is -3.91. The molecule has 8 heteroatoms. The monoisotopic (exact) mass is 376 g/mol. The first-order valence-corrected chi connectivity index (χ1v) is 9.52. The molecule has 0 atom stereocenters. The van der Waals surface area contributed by atoms with E-state index in [1.807, 2.05) is 16.9 Å². The van der Waals surface area contributed by atoms with Gasteiger partial charge in [-0.1, -0.05) is 25.5 Å². The van der Waals surface area contributed by atoms with E-state index in [-0.39, 0.29) is 10.8 Å². The summed E-state index contributed by atoms with van der Waals surface area (Å²) in [4.78, 5) is 22.6. The fraction of sp³-hybridized carbons (Fsp3) is 0.222. The van der Waals surface area contributed by atoms with Crippen LogP contribution in [0.4, 0.5) is 5.69 Å². The minimum absolute atomic E-state index is 0.0827. The number of carbonyl (C=O) groups is 2. The highest BCUT2D eigenvalue weighted by molar-refractivity contribution is 7.89. The molecule has 0 spiro atoms. The summed E-state index contributed by atoms with van der Waals surface area (Å²) in [5, 5.41) is 11.2. The average Bonchev–Trinajstić information content (AvgIpc) is 2.61. The number of nitrogens with one attached hydrogen (secondary N) is 2. The molecule has 0 aliphatic rings. The molecular weight excluding hydrogens is 356 g/mol. The quantitative estimate of drug-likeness (QED) is 0.654. The minimum Gasteiger partial charge on any atom is -0.480 e. The third-order valence-corrected chi connectivity index (χ3v) is 5.01. The van der Waals surface area contributed by atoms with Gasteiger partial charge in [0.05, 0.1) is 4.90 Å². The van der Waals surface area contributed by atoms with E-state index < -0.39 is 22.5 Å². The molecule has 0 aliphatic heterocycles. The van der Waals surface area contributed by atoms with E-state index in [0.717, 1.165) is 18.4 Å². The number of hydrogen-bond donors (Lipinski definition) is 3. The predicted octanol–water partition coefficient (Wildman–Crippen LogP) is 2.25. The van der Waals surface area contributed by atoms with Crippen LogP contribution in [0.5, 0.6) is 0 Å². The molecule has 3 N–H and O–H groups in total. The van der Waals surface area contributed by atoms with Crippen molar-refractivity contribution in [2.45, 2.75) is 24.7 Å². The summed E-state index contributed by atoms with van der Waals surface area (Å²) in [6.45, 7) is 1.39. The van der Waals surface area contributed by atoms with Crippen LogP contribution in [0.3, 0.4) is 0 Å². The van der Waals surface area contributed by atoms with Gasteiger partial charge in [0.1, 0.15) is 6.54 Å². The molecule has 0 bridgehead atoms. The summed E-state index contributed by atoms with van der Waals surface area (Å²) in [6.07, 6.45) is 1.98. The molecule has 0 radical (unpaired) electrons. The predicted molar refractivity (Wildman–Crippen MR) is 97.7 cm³/mol. The zero-order chi connectivity index (χ0) is 19.2. The van der Waals surface area contributed by atoms with Crippen molar-refractivity contribution in [3.05, 3.63) is 59.7 Å². The lowest BCUT2D eigenvalue weighted by Gasteiger charge is -2.08. The highest BCUT2D eigenvalue weighted by Crippen LogP contribution is 2.15. The van der Waals surface area contributed by atoms with E-state index in [9.17, 15) is 18.0 Å². The highest BCUT2D eigenvalue weighted by atomic mass is 32.2. The Balaban J connectivity index is 2.04. The standard InChI is InChI=1S/C18H20N2O5S/c1-2-3-13-4-6-14(7-5-13)18(23)20-15-8-10-16(11-9-15)26(24,25)19-12-17(21)22/h4-11,19H,2-3,12H2,1H3,(H,20,23)(H,21,22). The van der Waals surface area contributed by atoms with E-state index >= 15 is 0 Å². The summed E-state index contributed by atoms with van der Waals surface area (Å²) < 4.78 is 25.8. The number of rotatable bonds is 8. The summed E-state index contributed by atoms with van der Waals surface area (Å²) in [6, 6.07) is 12.8. The van der Waals surface area contributed by atoms with Crippen LogP contribution in [0.25, 0.3) is 0 Å². The van der Waals surface area contributed by atoms with E-state index in [1.165, 1.54) is 24.3 Å². The van der Waals surface area contributed by atoms with Gasteiger partial charge >= 0.3 is 5.97 Å². The highest BCUT2D eigenvalue weighted by Gasteiger charge is 2.15. The van der Waals surface area contributed by atoms with Gasteiger partial charge < -0.3 is 10.4 Å². The van der Waals surface area contributed by atoms with Gasteiger partial charge in [0.15, 0.2) is 0 Å². The molecule has 2 rings (SSSR count). The first-order valence-electron chi connectivity index (χ1n) is 8.03. The zero-order valence-corrected chi connectivity index (χ0v) is 15.0. The Kier molecular flexibility index (Phi) is 6.48. The molecule has 0 saturated heterocycles. The van der Waals surface area contributed by atoms with Crippen molar-refractivity contribution >= 4 is 27.6 Å². The lowest BCUT2D eigenvalue weighted by molar-refractivity contribution is -0.135. The van der Waals surface area contributed by atoms with Crippen molar-refractivity contribution in [2.24, 2.45) is 0 Å². The van der Waals surface area contributed by atoms with Crippen LogP contribution in [-0.4, -0.2) is 31.9 Å². The first kappa shape index (κ1) is 19.6. The van der Waals surface area contributed by atoms with Crippen molar-refractivity contribution in [1.82, 2.24) is 4.72 Å². The third kappa shape index (κ3) is 5.40. The van der Waals surface area contributed by atoms with Gasteiger partial charge in [0.2, 0.25) is 10.0 Å². The molecule has 0 unspecified atom stereocenters. The maximum Gasteiger partial charge on any atom is 0.318 e. The van der Waals surface area contributed by atoms with E-state index in [4.69, 9.17) is 5.11 Å². The summed E-state index contributed by atoms with van der Waals surface area (Å²) in [5.41, 5.74) is 2.10. The van der Waals surface area contributed by atoms with Crippen molar-refractivity contribution < 1.29 is 23.1 Å². The summed E-state index contributed by atoms with van der Waals surface area (Å²) in [5.74, 6) is -1.57. The Bertz CT molecular complexity index is 875. The van der Waals surface area contributed by atoms with Gasteiger partial charge in [-0.15, -0.1) is 0 Å². The molecule has 26 heavy (non-hydrogen) atoms. The van der Waals surface area contributed by atoms with Crippen LogP contribution in [0, 0.1) is 0 Å².